The topological polar surface area (TPSA) is 178 Å². The van der Waals surface area contributed by atoms with Crippen LogP contribution >= 0.6 is 0 Å². The molecule has 1 aliphatic heterocycles. The number of carbonyl (C=O) groups excluding carboxylic acids is 1. The molecule has 6 atom stereocenters. The second-order valence-electron chi connectivity index (χ2n) is 12.7. The number of aliphatic hydroxyl groups is 3. The second kappa shape index (κ2) is 30.5. The van der Waals surface area contributed by atoms with Crippen molar-refractivity contribution >= 4 is 16.4 Å². The summed E-state index contributed by atoms with van der Waals surface area (Å²) in [6, 6.07) is 0. The summed E-state index contributed by atoms with van der Waals surface area (Å²) in [5.41, 5.74) is 0. The number of allylic oxidation sites excluding steroid dienone is 8. The van der Waals surface area contributed by atoms with E-state index in [1.165, 1.54) is 51.4 Å². The van der Waals surface area contributed by atoms with Gasteiger partial charge < -0.3 is 34.3 Å². The van der Waals surface area contributed by atoms with E-state index in [2.05, 4.69) is 59.7 Å². The van der Waals surface area contributed by atoms with Gasteiger partial charge in [0.1, 0.15) is 30.5 Å². The lowest BCUT2D eigenvalue weighted by Crippen LogP contribution is -2.60. The molecule has 0 saturated carbocycles. The molecule has 12 nitrogen and oxygen atoms in total. The van der Waals surface area contributed by atoms with Crippen molar-refractivity contribution in [3.63, 3.8) is 0 Å². The summed E-state index contributed by atoms with van der Waals surface area (Å²) >= 11 is 0. The molecule has 4 N–H and O–H groups in total. The lowest BCUT2D eigenvalue weighted by Gasteiger charge is -2.41. The van der Waals surface area contributed by atoms with Gasteiger partial charge >= 0.3 is 16.4 Å². The zero-order valence-electron chi connectivity index (χ0n) is 30.9. The Morgan fingerprint density at radius 3 is 1.80 bits per heavy atom. The predicted molar refractivity (Wildman–Crippen MR) is 197 cm³/mol. The van der Waals surface area contributed by atoms with Gasteiger partial charge in [0.2, 0.25) is 0 Å². The molecule has 0 amide bonds. The Kier molecular flexibility index (Phi) is 28.2. The maximum Gasteiger partial charge on any atom is 0.397 e. The van der Waals surface area contributed by atoms with Crippen LogP contribution in [0.5, 0.6) is 0 Å². The standard InChI is InChI=1S/C38H66O12S/c1-3-5-6-7-8-9-10-11-12-13-14-15-16-17-18-19-20-21-22-23-24-25-26-27-28-46-30-32(48-34(40)4-2)31-47-38-36(42)37(50-51(43,44)45)35(41)33(29-39)49-38/h5-6,8-9,11-12,14-15,32-33,35-39,41-42H,3-4,7,10,13,16-31H2,1-2H3,(H,43,44,45)/b6-5-,9-8-,12-11-,15-14-. The molecule has 0 aliphatic carbocycles. The second-order valence-corrected chi connectivity index (χ2v) is 13.8. The van der Waals surface area contributed by atoms with E-state index in [0.29, 0.717) is 6.61 Å². The van der Waals surface area contributed by atoms with Crippen LogP contribution in [-0.2, 0) is 38.3 Å². The van der Waals surface area contributed by atoms with Gasteiger partial charge in [-0.15, -0.1) is 0 Å². The maximum atomic E-state index is 11.9. The molecular weight excluding hydrogens is 680 g/mol. The first-order valence-electron chi connectivity index (χ1n) is 18.9. The highest BCUT2D eigenvalue weighted by Gasteiger charge is 2.48. The molecule has 13 heteroatoms. The van der Waals surface area contributed by atoms with Crippen LogP contribution in [0.1, 0.15) is 123 Å². The Morgan fingerprint density at radius 1 is 0.745 bits per heavy atom. The Labute approximate surface area is 306 Å². The molecular formula is C38H66O12S. The fourth-order valence-electron chi connectivity index (χ4n) is 5.40. The fraction of sp³-hybridized carbons (Fsp3) is 0.763. The van der Waals surface area contributed by atoms with Crippen LogP contribution in [0.2, 0.25) is 0 Å². The third-order valence-corrected chi connectivity index (χ3v) is 8.74. The summed E-state index contributed by atoms with van der Waals surface area (Å²) in [7, 11) is -5.04. The van der Waals surface area contributed by atoms with E-state index >= 15 is 0 Å². The van der Waals surface area contributed by atoms with Gasteiger partial charge in [0.15, 0.2) is 6.29 Å². The van der Waals surface area contributed by atoms with E-state index in [0.717, 1.165) is 51.4 Å². The zero-order valence-corrected chi connectivity index (χ0v) is 31.7. The van der Waals surface area contributed by atoms with Crippen molar-refractivity contribution in [2.45, 2.75) is 160 Å². The minimum Gasteiger partial charge on any atom is -0.457 e. The number of aliphatic hydroxyl groups excluding tert-OH is 3. The fourth-order valence-corrected chi connectivity index (χ4v) is 5.91. The molecule has 51 heavy (non-hydrogen) atoms. The molecule has 0 aromatic rings. The van der Waals surface area contributed by atoms with E-state index in [1.54, 1.807) is 6.92 Å². The van der Waals surface area contributed by atoms with Gasteiger partial charge in [-0.1, -0.05) is 120 Å². The molecule has 1 fully saturated rings. The van der Waals surface area contributed by atoms with Gasteiger partial charge in [-0.3, -0.25) is 9.35 Å². The number of hydrogen-bond donors (Lipinski definition) is 4. The van der Waals surface area contributed by atoms with E-state index in [-0.39, 0.29) is 19.6 Å². The summed E-state index contributed by atoms with van der Waals surface area (Å²) in [6.45, 7) is 3.24. The van der Waals surface area contributed by atoms with Crippen molar-refractivity contribution in [3.8, 4) is 0 Å². The first-order chi connectivity index (χ1) is 24.6. The molecule has 1 heterocycles. The van der Waals surface area contributed by atoms with Crippen LogP contribution in [0.25, 0.3) is 0 Å². The summed E-state index contributed by atoms with van der Waals surface area (Å²) in [4.78, 5) is 11.9. The van der Waals surface area contributed by atoms with Gasteiger partial charge in [-0.05, 0) is 44.9 Å². The summed E-state index contributed by atoms with van der Waals surface area (Å²) in [5, 5.41) is 30.1. The SMILES string of the molecule is CC/C=C\C/C=C\C/C=C\C/C=C\CCCCCCCCCCCCCOCC(COC1OC(CO)C(O)C(OS(=O)(=O)O)C1O)OC(=O)CC. The number of esters is 1. The number of carbonyl (C=O) groups is 1. The molecule has 0 aromatic carbocycles. The highest BCUT2D eigenvalue weighted by atomic mass is 32.3. The summed E-state index contributed by atoms with van der Waals surface area (Å²) in [6.07, 6.45) is 27.1. The zero-order chi connectivity index (χ0) is 37.6. The normalized spacial score (nSPS) is 22.2. The molecule has 6 unspecified atom stereocenters. The van der Waals surface area contributed by atoms with Crippen LogP contribution in [-0.4, -0.2) is 97.5 Å². The first kappa shape index (κ1) is 47.1. The van der Waals surface area contributed by atoms with Gasteiger partial charge in [-0.2, -0.15) is 8.42 Å². The van der Waals surface area contributed by atoms with E-state index in [1.807, 2.05) is 0 Å². The molecule has 0 aromatic heterocycles. The molecule has 0 spiro atoms. The largest absolute Gasteiger partial charge is 0.457 e. The Balaban J connectivity index is 2.12. The van der Waals surface area contributed by atoms with Crippen LogP contribution in [0.15, 0.2) is 48.6 Å². The molecule has 1 rings (SSSR count). The van der Waals surface area contributed by atoms with Crippen molar-refractivity contribution in [2.24, 2.45) is 0 Å². The third-order valence-electron chi connectivity index (χ3n) is 8.27. The van der Waals surface area contributed by atoms with Crippen molar-refractivity contribution in [1.82, 2.24) is 0 Å². The molecule has 0 radical (unpaired) electrons. The van der Waals surface area contributed by atoms with E-state index in [4.69, 9.17) is 23.5 Å². The first-order valence-corrected chi connectivity index (χ1v) is 20.3. The minimum atomic E-state index is -5.04. The Morgan fingerprint density at radius 2 is 1.27 bits per heavy atom. The molecule has 296 valence electrons. The highest BCUT2D eigenvalue weighted by Crippen LogP contribution is 2.26. The average molecular weight is 747 g/mol. The molecule has 1 saturated heterocycles. The van der Waals surface area contributed by atoms with Gasteiger partial charge in [-0.25, -0.2) is 4.18 Å². The Hall–Kier alpha value is -1.94. The maximum absolute atomic E-state index is 11.9. The van der Waals surface area contributed by atoms with Gasteiger partial charge in [0.05, 0.1) is 19.8 Å². The van der Waals surface area contributed by atoms with Crippen LogP contribution in [0.4, 0.5) is 0 Å². The minimum absolute atomic E-state index is 0.0228. The van der Waals surface area contributed by atoms with Crippen molar-refractivity contribution in [1.29, 1.82) is 0 Å². The quantitative estimate of drug-likeness (QED) is 0.0264. The van der Waals surface area contributed by atoms with Gasteiger partial charge in [0.25, 0.3) is 0 Å². The summed E-state index contributed by atoms with van der Waals surface area (Å²) in [5.74, 6) is -0.490. The monoisotopic (exact) mass is 746 g/mol. The number of ether oxygens (including phenoxy) is 4. The van der Waals surface area contributed by atoms with Gasteiger partial charge in [0, 0.05) is 13.0 Å². The third kappa shape index (κ3) is 24.8. The molecule has 1 aliphatic rings. The van der Waals surface area contributed by atoms with Crippen molar-refractivity contribution in [2.75, 3.05) is 26.4 Å². The predicted octanol–water partition coefficient (Wildman–Crippen LogP) is 6.45. The Bertz CT molecular complexity index is 1090. The van der Waals surface area contributed by atoms with Crippen molar-refractivity contribution in [3.05, 3.63) is 48.6 Å². The van der Waals surface area contributed by atoms with E-state index in [9.17, 15) is 28.5 Å². The number of hydrogen-bond acceptors (Lipinski definition) is 11. The van der Waals surface area contributed by atoms with Crippen LogP contribution in [0.3, 0.4) is 0 Å². The average Bonchev–Trinajstić information content (AvgIpc) is 3.10. The summed E-state index contributed by atoms with van der Waals surface area (Å²) < 4.78 is 57.7. The number of rotatable bonds is 31. The van der Waals surface area contributed by atoms with Crippen molar-refractivity contribution < 1.29 is 56.2 Å². The van der Waals surface area contributed by atoms with Crippen LogP contribution in [0, 0.1) is 0 Å². The smallest absolute Gasteiger partial charge is 0.397 e. The van der Waals surface area contributed by atoms with Crippen LogP contribution < -0.4 is 0 Å². The van der Waals surface area contributed by atoms with E-state index < -0.39 is 59.8 Å². The highest BCUT2D eigenvalue weighted by molar-refractivity contribution is 7.80. The lowest BCUT2D eigenvalue weighted by molar-refractivity contribution is -0.301. The number of unbranched alkanes of at least 4 members (excludes halogenated alkanes) is 11. The molecule has 0 bridgehead atoms. The lowest BCUT2D eigenvalue weighted by atomic mass is 9.99.